The summed E-state index contributed by atoms with van der Waals surface area (Å²) in [6, 6.07) is 12.6. The van der Waals surface area contributed by atoms with E-state index in [9.17, 15) is 9.59 Å². The third-order valence-corrected chi connectivity index (χ3v) is 4.34. The highest BCUT2D eigenvalue weighted by molar-refractivity contribution is 6.07. The van der Waals surface area contributed by atoms with Crippen LogP contribution in [-0.2, 0) is 4.79 Å². The van der Waals surface area contributed by atoms with Crippen LogP contribution in [-0.4, -0.2) is 32.5 Å². The summed E-state index contributed by atoms with van der Waals surface area (Å²) in [6.07, 6.45) is 4.72. The lowest BCUT2D eigenvalue weighted by molar-refractivity contribution is -0.117. The molecular formula is C21H21NO4. The number of carbonyl (C=O) groups excluding carboxylic acids is 2. The Morgan fingerprint density at radius 2 is 1.69 bits per heavy atom. The molecule has 2 aromatic carbocycles. The van der Waals surface area contributed by atoms with Crippen LogP contribution in [0.3, 0.4) is 0 Å². The molecule has 0 spiro atoms. The fraction of sp³-hybridized carbons (Fsp3) is 0.238. The summed E-state index contributed by atoms with van der Waals surface area (Å²) in [5.41, 5.74) is 2.23. The van der Waals surface area contributed by atoms with Gasteiger partial charge in [-0.2, -0.15) is 0 Å². The number of ketones is 1. The van der Waals surface area contributed by atoms with Gasteiger partial charge in [-0.25, -0.2) is 0 Å². The average molecular weight is 351 g/mol. The fourth-order valence-electron chi connectivity index (χ4n) is 2.92. The molecular weight excluding hydrogens is 330 g/mol. The molecule has 1 aliphatic heterocycles. The smallest absolute Gasteiger partial charge is 0.227 e. The van der Waals surface area contributed by atoms with Gasteiger partial charge < -0.3 is 14.4 Å². The Bertz CT molecular complexity index is 817. The maximum absolute atomic E-state index is 12.4. The maximum atomic E-state index is 12.4. The van der Waals surface area contributed by atoms with Gasteiger partial charge in [0.25, 0.3) is 0 Å². The molecule has 1 saturated heterocycles. The van der Waals surface area contributed by atoms with Gasteiger partial charge in [-0.1, -0.05) is 6.08 Å². The van der Waals surface area contributed by atoms with Crippen molar-refractivity contribution in [3.63, 3.8) is 0 Å². The molecule has 0 unspecified atom stereocenters. The predicted octanol–water partition coefficient (Wildman–Crippen LogP) is 3.73. The summed E-state index contributed by atoms with van der Waals surface area (Å²) in [7, 11) is 3.17. The minimum absolute atomic E-state index is 0.105. The van der Waals surface area contributed by atoms with Crippen molar-refractivity contribution in [2.45, 2.75) is 12.8 Å². The monoisotopic (exact) mass is 351 g/mol. The van der Waals surface area contributed by atoms with Gasteiger partial charge in [-0.3, -0.25) is 9.59 Å². The SMILES string of the molecule is COc1cc(C=CC(=O)c2ccc(N3CCCC3=O)cc2)cc(OC)c1. The van der Waals surface area contributed by atoms with Crippen LogP contribution in [0.5, 0.6) is 11.5 Å². The molecule has 134 valence electrons. The van der Waals surface area contributed by atoms with E-state index in [0.717, 1.165) is 24.2 Å². The van der Waals surface area contributed by atoms with Crippen molar-refractivity contribution in [1.29, 1.82) is 0 Å². The van der Waals surface area contributed by atoms with E-state index >= 15 is 0 Å². The zero-order chi connectivity index (χ0) is 18.5. The zero-order valence-corrected chi connectivity index (χ0v) is 14.9. The molecule has 0 bridgehead atoms. The molecule has 5 nitrogen and oxygen atoms in total. The third kappa shape index (κ3) is 3.94. The van der Waals surface area contributed by atoms with Gasteiger partial charge in [0, 0.05) is 30.3 Å². The normalized spacial score (nSPS) is 14.1. The quantitative estimate of drug-likeness (QED) is 0.588. The van der Waals surface area contributed by atoms with E-state index in [1.807, 2.05) is 24.3 Å². The molecule has 5 heteroatoms. The Hall–Kier alpha value is -3.08. The highest BCUT2D eigenvalue weighted by Crippen LogP contribution is 2.24. The molecule has 1 heterocycles. The minimum Gasteiger partial charge on any atom is -0.497 e. The first-order valence-electron chi connectivity index (χ1n) is 8.46. The Balaban J connectivity index is 1.73. The molecule has 0 atom stereocenters. The second kappa shape index (κ2) is 7.87. The van der Waals surface area contributed by atoms with Crippen molar-refractivity contribution < 1.29 is 19.1 Å². The first kappa shape index (κ1) is 17.7. The second-order valence-corrected chi connectivity index (χ2v) is 6.04. The second-order valence-electron chi connectivity index (χ2n) is 6.04. The average Bonchev–Trinajstić information content (AvgIpc) is 3.11. The molecule has 0 N–H and O–H groups in total. The standard InChI is InChI=1S/C21H21NO4/c1-25-18-12-15(13-19(14-18)26-2)5-10-20(23)16-6-8-17(9-7-16)22-11-3-4-21(22)24/h5-10,12-14H,3-4,11H2,1-2H3. The van der Waals surface area contributed by atoms with Crippen LogP contribution in [0.2, 0.25) is 0 Å². The van der Waals surface area contributed by atoms with Crippen molar-refractivity contribution in [2.24, 2.45) is 0 Å². The van der Waals surface area contributed by atoms with Crippen LogP contribution in [0.4, 0.5) is 5.69 Å². The van der Waals surface area contributed by atoms with E-state index in [2.05, 4.69) is 0 Å². The summed E-state index contributed by atoms with van der Waals surface area (Å²) < 4.78 is 10.5. The van der Waals surface area contributed by atoms with Crippen LogP contribution in [0.25, 0.3) is 6.08 Å². The van der Waals surface area contributed by atoms with Gasteiger partial charge in [0.05, 0.1) is 14.2 Å². The number of rotatable bonds is 6. The molecule has 3 rings (SSSR count). The largest absolute Gasteiger partial charge is 0.497 e. The van der Waals surface area contributed by atoms with E-state index in [-0.39, 0.29) is 11.7 Å². The number of methoxy groups -OCH3 is 2. The summed E-state index contributed by atoms with van der Waals surface area (Å²) in [5.74, 6) is 1.36. The lowest BCUT2D eigenvalue weighted by Gasteiger charge is -2.15. The van der Waals surface area contributed by atoms with Gasteiger partial charge >= 0.3 is 0 Å². The summed E-state index contributed by atoms with van der Waals surface area (Å²) in [5, 5.41) is 0. The Morgan fingerprint density at radius 3 is 2.23 bits per heavy atom. The molecule has 1 amide bonds. The number of anilines is 1. The number of ether oxygens (including phenoxy) is 2. The number of nitrogens with zero attached hydrogens (tertiary/aromatic N) is 1. The van der Waals surface area contributed by atoms with Crippen molar-refractivity contribution in [1.82, 2.24) is 0 Å². The molecule has 26 heavy (non-hydrogen) atoms. The van der Waals surface area contributed by atoms with Gasteiger partial charge in [0.15, 0.2) is 5.78 Å². The molecule has 1 aliphatic rings. The Kier molecular flexibility index (Phi) is 5.37. The highest BCUT2D eigenvalue weighted by Gasteiger charge is 2.21. The van der Waals surface area contributed by atoms with Crippen LogP contribution >= 0.6 is 0 Å². The van der Waals surface area contributed by atoms with Crippen LogP contribution in [0, 0.1) is 0 Å². The van der Waals surface area contributed by atoms with Gasteiger partial charge in [0.1, 0.15) is 11.5 Å². The van der Waals surface area contributed by atoms with Crippen molar-refractivity contribution >= 4 is 23.5 Å². The van der Waals surface area contributed by atoms with Crippen LogP contribution in [0.15, 0.2) is 48.5 Å². The van der Waals surface area contributed by atoms with E-state index in [0.29, 0.717) is 23.5 Å². The van der Waals surface area contributed by atoms with Crippen molar-refractivity contribution in [3.8, 4) is 11.5 Å². The van der Waals surface area contributed by atoms with E-state index < -0.39 is 0 Å². The third-order valence-electron chi connectivity index (χ3n) is 4.34. The number of benzene rings is 2. The van der Waals surface area contributed by atoms with E-state index in [1.165, 1.54) is 6.08 Å². The number of carbonyl (C=O) groups is 2. The number of allylic oxidation sites excluding steroid dienone is 1. The maximum Gasteiger partial charge on any atom is 0.227 e. The fourth-order valence-corrected chi connectivity index (χ4v) is 2.92. The number of hydrogen-bond donors (Lipinski definition) is 0. The Labute approximate surface area is 152 Å². The van der Waals surface area contributed by atoms with E-state index in [1.54, 1.807) is 43.4 Å². The molecule has 0 aliphatic carbocycles. The van der Waals surface area contributed by atoms with E-state index in [4.69, 9.17) is 9.47 Å². The summed E-state index contributed by atoms with van der Waals surface area (Å²) in [6.45, 7) is 0.740. The van der Waals surface area contributed by atoms with Gasteiger partial charge in [-0.15, -0.1) is 0 Å². The Morgan fingerprint density at radius 1 is 1.04 bits per heavy atom. The first-order valence-corrected chi connectivity index (χ1v) is 8.46. The van der Waals surface area contributed by atoms with Crippen LogP contribution < -0.4 is 14.4 Å². The van der Waals surface area contributed by atoms with Crippen molar-refractivity contribution in [3.05, 3.63) is 59.7 Å². The van der Waals surface area contributed by atoms with Gasteiger partial charge in [-0.05, 0) is 54.5 Å². The lowest BCUT2D eigenvalue weighted by atomic mass is 10.1. The summed E-state index contributed by atoms with van der Waals surface area (Å²) in [4.78, 5) is 25.9. The predicted molar refractivity (Wildman–Crippen MR) is 101 cm³/mol. The first-order chi connectivity index (χ1) is 12.6. The molecule has 0 radical (unpaired) electrons. The molecule has 2 aromatic rings. The minimum atomic E-state index is -0.105. The van der Waals surface area contributed by atoms with Crippen molar-refractivity contribution in [2.75, 3.05) is 25.7 Å². The number of amides is 1. The lowest BCUT2D eigenvalue weighted by Crippen LogP contribution is -2.23. The van der Waals surface area contributed by atoms with Crippen LogP contribution in [0.1, 0.15) is 28.8 Å². The zero-order valence-electron chi connectivity index (χ0n) is 14.9. The number of hydrogen-bond acceptors (Lipinski definition) is 4. The molecule has 0 aromatic heterocycles. The molecule has 0 saturated carbocycles. The highest BCUT2D eigenvalue weighted by atomic mass is 16.5. The molecule has 1 fully saturated rings. The summed E-state index contributed by atoms with van der Waals surface area (Å²) >= 11 is 0. The van der Waals surface area contributed by atoms with Gasteiger partial charge in [0.2, 0.25) is 5.91 Å². The topological polar surface area (TPSA) is 55.8 Å².